The summed E-state index contributed by atoms with van der Waals surface area (Å²) in [5, 5.41) is 9.40. The topological polar surface area (TPSA) is 38.1 Å². The van der Waals surface area contributed by atoms with Crippen LogP contribution in [-0.2, 0) is 6.42 Å². The van der Waals surface area contributed by atoms with Crippen LogP contribution in [0.15, 0.2) is 16.0 Å². The Morgan fingerprint density at radius 1 is 1.57 bits per heavy atom. The van der Waals surface area contributed by atoms with Crippen LogP contribution in [0, 0.1) is 6.92 Å². The number of hydrogen-bond donors (Lipinski definition) is 1. The van der Waals surface area contributed by atoms with E-state index < -0.39 is 0 Å². The van der Waals surface area contributed by atoms with Crippen LogP contribution in [0.3, 0.4) is 0 Å². The van der Waals surface area contributed by atoms with E-state index in [0.717, 1.165) is 24.5 Å². The van der Waals surface area contributed by atoms with Crippen molar-refractivity contribution in [2.45, 2.75) is 13.3 Å². The molecule has 14 heavy (non-hydrogen) atoms. The van der Waals surface area contributed by atoms with Gasteiger partial charge in [-0.05, 0) is 30.4 Å². The second-order valence-electron chi connectivity index (χ2n) is 3.50. The molecule has 3 nitrogen and oxygen atoms in total. The van der Waals surface area contributed by atoms with Crippen LogP contribution in [0.1, 0.15) is 11.1 Å². The minimum atomic E-state index is 0.853. The molecule has 0 fully saturated rings. The zero-order valence-electron chi connectivity index (χ0n) is 7.83. The molecule has 0 radical (unpaired) electrons. The number of aromatic nitrogens is 1. The van der Waals surface area contributed by atoms with Crippen molar-refractivity contribution in [2.75, 3.05) is 11.9 Å². The highest BCUT2D eigenvalue weighted by Crippen LogP contribution is 2.35. The molecule has 0 bridgehead atoms. The van der Waals surface area contributed by atoms with E-state index in [-0.39, 0.29) is 0 Å². The van der Waals surface area contributed by atoms with Gasteiger partial charge in [0.2, 0.25) is 5.88 Å². The van der Waals surface area contributed by atoms with Gasteiger partial charge < -0.3 is 9.84 Å². The first-order chi connectivity index (χ1) is 6.84. The molecule has 1 aliphatic heterocycles. The lowest BCUT2D eigenvalue weighted by Gasteiger charge is -1.90. The standard InChI is InChI=1S/C10H10N2OS/c1-6-4-8(14-5-6)9-7-2-3-11-10(7)13-12-9/h4-5,11H,2-3H2,1H3. The SMILES string of the molecule is Cc1csc(-c2noc3c2CCN3)c1. The molecule has 3 rings (SSSR count). The van der Waals surface area contributed by atoms with Crippen LogP contribution >= 0.6 is 11.3 Å². The van der Waals surface area contributed by atoms with E-state index >= 15 is 0 Å². The maximum Gasteiger partial charge on any atom is 0.228 e. The third kappa shape index (κ3) is 1.07. The molecule has 0 unspecified atom stereocenters. The van der Waals surface area contributed by atoms with Gasteiger partial charge in [0.15, 0.2) is 0 Å². The fourth-order valence-corrected chi connectivity index (χ4v) is 2.64. The van der Waals surface area contributed by atoms with Crippen molar-refractivity contribution in [1.82, 2.24) is 5.16 Å². The molecule has 0 saturated heterocycles. The Morgan fingerprint density at radius 2 is 2.50 bits per heavy atom. The normalized spacial score (nSPS) is 14.1. The van der Waals surface area contributed by atoms with Gasteiger partial charge in [0, 0.05) is 12.1 Å². The second-order valence-corrected chi connectivity index (χ2v) is 4.42. The number of fused-ring (bicyclic) bond motifs is 1. The number of anilines is 1. The van der Waals surface area contributed by atoms with E-state index in [1.54, 1.807) is 11.3 Å². The van der Waals surface area contributed by atoms with Crippen LogP contribution in [0.4, 0.5) is 5.88 Å². The highest BCUT2D eigenvalue weighted by atomic mass is 32.1. The van der Waals surface area contributed by atoms with E-state index in [9.17, 15) is 0 Å². The molecule has 0 aliphatic carbocycles. The van der Waals surface area contributed by atoms with E-state index in [4.69, 9.17) is 4.52 Å². The average molecular weight is 206 g/mol. The van der Waals surface area contributed by atoms with Gasteiger partial charge in [-0.25, -0.2) is 0 Å². The van der Waals surface area contributed by atoms with Crippen LogP contribution < -0.4 is 5.32 Å². The molecule has 72 valence electrons. The molecular formula is C10H10N2OS. The number of nitrogens with one attached hydrogen (secondary N) is 1. The Hall–Kier alpha value is -1.29. The first-order valence-corrected chi connectivity index (χ1v) is 5.50. The lowest BCUT2D eigenvalue weighted by Crippen LogP contribution is -1.92. The van der Waals surface area contributed by atoms with Gasteiger partial charge in [-0.2, -0.15) is 0 Å². The maximum absolute atomic E-state index is 5.22. The smallest absolute Gasteiger partial charge is 0.228 e. The van der Waals surface area contributed by atoms with Crippen LogP contribution in [0.25, 0.3) is 10.6 Å². The molecule has 0 atom stereocenters. The minimum absolute atomic E-state index is 0.853. The van der Waals surface area contributed by atoms with Gasteiger partial charge >= 0.3 is 0 Å². The third-order valence-corrected chi connectivity index (χ3v) is 3.47. The van der Waals surface area contributed by atoms with Crippen molar-refractivity contribution in [3.05, 3.63) is 22.6 Å². The monoisotopic (exact) mass is 206 g/mol. The molecule has 1 N–H and O–H groups in total. The Labute approximate surface area is 85.7 Å². The van der Waals surface area contributed by atoms with E-state index in [2.05, 4.69) is 28.8 Å². The Bertz CT molecular complexity index is 472. The predicted octanol–water partition coefficient (Wildman–Crippen LogP) is 2.68. The van der Waals surface area contributed by atoms with Crippen molar-refractivity contribution < 1.29 is 4.52 Å². The molecule has 3 heterocycles. The summed E-state index contributed by atoms with van der Waals surface area (Å²) in [6, 6.07) is 2.15. The summed E-state index contributed by atoms with van der Waals surface area (Å²) in [5.41, 5.74) is 3.53. The summed E-state index contributed by atoms with van der Waals surface area (Å²) < 4.78 is 5.22. The molecule has 0 amide bonds. The summed E-state index contributed by atoms with van der Waals surface area (Å²) in [5.74, 6) is 0.853. The average Bonchev–Trinajstić information content (AvgIpc) is 2.77. The summed E-state index contributed by atoms with van der Waals surface area (Å²) >= 11 is 1.72. The molecule has 1 aliphatic rings. The Kier molecular flexibility index (Phi) is 1.64. The predicted molar refractivity (Wildman–Crippen MR) is 56.7 cm³/mol. The quantitative estimate of drug-likeness (QED) is 0.779. The van der Waals surface area contributed by atoms with Crippen molar-refractivity contribution in [3.63, 3.8) is 0 Å². The number of hydrogen-bond acceptors (Lipinski definition) is 4. The summed E-state index contributed by atoms with van der Waals surface area (Å²) in [4.78, 5) is 1.20. The molecule has 2 aromatic heterocycles. The first-order valence-electron chi connectivity index (χ1n) is 4.62. The second kappa shape index (κ2) is 2.85. The lowest BCUT2D eigenvalue weighted by molar-refractivity contribution is 0.437. The maximum atomic E-state index is 5.22. The molecule has 2 aromatic rings. The lowest BCUT2D eigenvalue weighted by atomic mass is 10.2. The van der Waals surface area contributed by atoms with Crippen molar-refractivity contribution in [3.8, 4) is 10.6 Å². The molecule has 0 aromatic carbocycles. The molecule has 0 saturated carbocycles. The fourth-order valence-electron chi connectivity index (χ4n) is 1.73. The highest BCUT2D eigenvalue weighted by molar-refractivity contribution is 7.13. The van der Waals surface area contributed by atoms with Gasteiger partial charge in [0.05, 0.1) is 4.88 Å². The van der Waals surface area contributed by atoms with Crippen LogP contribution in [0.2, 0.25) is 0 Å². The Morgan fingerprint density at radius 3 is 3.29 bits per heavy atom. The highest BCUT2D eigenvalue weighted by Gasteiger charge is 2.22. The van der Waals surface area contributed by atoms with Crippen molar-refractivity contribution >= 4 is 17.2 Å². The molecule has 4 heteroatoms. The third-order valence-electron chi connectivity index (χ3n) is 2.41. The van der Waals surface area contributed by atoms with Gasteiger partial charge in [-0.3, -0.25) is 0 Å². The van der Waals surface area contributed by atoms with Crippen LogP contribution in [-0.4, -0.2) is 11.7 Å². The largest absolute Gasteiger partial charge is 0.353 e. The summed E-state index contributed by atoms with van der Waals surface area (Å²) in [6.07, 6.45) is 1.02. The molecule has 0 spiro atoms. The van der Waals surface area contributed by atoms with Gasteiger partial charge in [0.25, 0.3) is 0 Å². The number of rotatable bonds is 1. The van der Waals surface area contributed by atoms with Crippen molar-refractivity contribution in [2.24, 2.45) is 0 Å². The molecular weight excluding hydrogens is 196 g/mol. The van der Waals surface area contributed by atoms with Gasteiger partial charge in [-0.15, -0.1) is 11.3 Å². The Balaban J connectivity index is 2.12. The van der Waals surface area contributed by atoms with Crippen LogP contribution in [0.5, 0.6) is 0 Å². The number of nitrogens with zero attached hydrogens (tertiary/aromatic N) is 1. The fraction of sp³-hybridized carbons (Fsp3) is 0.300. The first kappa shape index (κ1) is 8.05. The van der Waals surface area contributed by atoms with Gasteiger partial charge in [0.1, 0.15) is 5.69 Å². The summed E-state index contributed by atoms with van der Waals surface area (Å²) in [6.45, 7) is 3.06. The number of thiophene rings is 1. The number of aryl methyl sites for hydroxylation is 1. The zero-order valence-corrected chi connectivity index (χ0v) is 8.65. The summed E-state index contributed by atoms with van der Waals surface area (Å²) in [7, 11) is 0. The van der Waals surface area contributed by atoms with Crippen molar-refractivity contribution in [1.29, 1.82) is 0 Å². The van der Waals surface area contributed by atoms with Gasteiger partial charge in [-0.1, -0.05) is 5.16 Å². The zero-order chi connectivity index (χ0) is 9.54. The minimum Gasteiger partial charge on any atom is -0.353 e. The van der Waals surface area contributed by atoms with E-state index in [1.807, 2.05) is 0 Å². The van der Waals surface area contributed by atoms with E-state index in [1.165, 1.54) is 16.0 Å². The van der Waals surface area contributed by atoms with E-state index in [0.29, 0.717) is 0 Å².